The van der Waals surface area contributed by atoms with Crippen molar-refractivity contribution in [2.75, 3.05) is 0 Å². The standard InChI is InChI=1S/C10H13IS/c1-2-7-3-4-9-8(5-7)6-10(11)12-9/h6-7H,2-5H2,1H3. The fourth-order valence-corrected chi connectivity index (χ4v) is 4.01. The molecule has 0 radical (unpaired) electrons. The van der Waals surface area contributed by atoms with E-state index in [1.54, 1.807) is 10.4 Å². The number of halogens is 1. The molecule has 0 N–H and O–H groups in total. The molecule has 1 unspecified atom stereocenters. The Labute approximate surface area is 91.5 Å². The molecular formula is C10H13IS. The van der Waals surface area contributed by atoms with Gasteiger partial charge < -0.3 is 0 Å². The van der Waals surface area contributed by atoms with E-state index in [1.165, 1.54) is 28.6 Å². The molecule has 66 valence electrons. The van der Waals surface area contributed by atoms with Gasteiger partial charge in [0.1, 0.15) is 0 Å². The molecule has 1 aliphatic carbocycles. The number of hydrogen-bond donors (Lipinski definition) is 0. The second kappa shape index (κ2) is 3.66. The van der Waals surface area contributed by atoms with E-state index in [1.807, 2.05) is 11.3 Å². The summed E-state index contributed by atoms with van der Waals surface area (Å²) in [7, 11) is 0. The highest BCUT2D eigenvalue weighted by Gasteiger charge is 2.18. The molecule has 1 aromatic rings. The summed E-state index contributed by atoms with van der Waals surface area (Å²) in [5.74, 6) is 0.961. The molecule has 2 heteroatoms. The van der Waals surface area contributed by atoms with Crippen molar-refractivity contribution in [2.45, 2.75) is 32.6 Å². The number of hydrogen-bond acceptors (Lipinski definition) is 1. The Morgan fingerprint density at radius 1 is 1.67 bits per heavy atom. The summed E-state index contributed by atoms with van der Waals surface area (Å²) < 4.78 is 1.47. The number of rotatable bonds is 1. The molecule has 0 aliphatic heterocycles. The minimum Gasteiger partial charge on any atom is -0.134 e. The molecule has 12 heavy (non-hydrogen) atoms. The normalized spacial score (nSPS) is 22.3. The van der Waals surface area contributed by atoms with E-state index >= 15 is 0 Å². The first-order chi connectivity index (χ1) is 5.79. The summed E-state index contributed by atoms with van der Waals surface area (Å²) in [5.41, 5.74) is 1.64. The monoisotopic (exact) mass is 292 g/mol. The minimum atomic E-state index is 0.961. The van der Waals surface area contributed by atoms with E-state index in [-0.39, 0.29) is 0 Å². The van der Waals surface area contributed by atoms with Crippen LogP contribution >= 0.6 is 33.9 Å². The number of fused-ring (bicyclic) bond motifs is 1. The van der Waals surface area contributed by atoms with Crippen LogP contribution in [0.25, 0.3) is 0 Å². The Balaban J connectivity index is 2.22. The van der Waals surface area contributed by atoms with Crippen molar-refractivity contribution in [3.8, 4) is 0 Å². The maximum Gasteiger partial charge on any atom is 0.0659 e. The third-order valence-corrected chi connectivity index (χ3v) is 4.73. The summed E-state index contributed by atoms with van der Waals surface area (Å²) in [6.07, 6.45) is 5.44. The van der Waals surface area contributed by atoms with E-state index in [9.17, 15) is 0 Å². The Morgan fingerprint density at radius 2 is 2.50 bits per heavy atom. The summed E-state index contributed by atoms with van der Waals surface area (Å²) in [5, 5.41) is 0. The van der Waals surface area contributed by atoms with Gasteiger partial charge in [-0.2, -0.15) is 0 Å². The second-order valence-corrected chi connectivity index (χ2v) is 6.55. The van der Waals surface area contributed by atoms with E-state index in [4.69, 9.17) is 0 Å². The molecule has 1 aromatic heterocycles. The first-order valence-electron chi connectivity index (χ1n) is 4.56. The van der Waals surface area contributed by atoms with Crippen molar-refractivity contribution in [3.05, 3.63) is 19.4 Å². The molecule has 1 aliphatic rings. The van der Waals surface area contributed by atoms with Gasteiger partial charge >= 0.3 is 0 Å². The van der Waals surface area contributed by atoms with Gasteiger partial charge in [-0.05, 0) is 59.4 Å². The van der Waals surface area contributed by atoms with E-state index in [0.717, 1.165) is 5.92 Å². The van der Waals surface area contributed by atoms with Gasteiger partial charge in [-0.1, -0.05) is 13.3 Å². The van der Waals surface area contributed by atoms with Crippen molar-refractivity contribution in [2.24, 2.45) is 5.92 Å². The summed E-state index contributed by atoms with van der Waals surface area (Å²) in [6.45, 7) is 2.31. The topological polar surface area (TPSA) is 0 Å². The van der Waals surface area contributed by atoms with Crippen LogP contribution in [0.2, 0.25) is 0 Å². The highest BCUT2D eigenvalue weighted by molar-refractivity contribution is 14.1. The quantitative estimate of drug-likeness (QED) is 0.689. The van der Waals surface area contributed by atoms with Gasteiger partial charge in [-0.15, -0.1) is 11.3 Å². The van der Waals surface area contributed by atoms with Crippen molar-refractivity contribution in [3.63, 3.8) is 0 Å². The van der Waals surface area contributed by atoms with Crippen LogP contribution in [0.1, 0.15) is 30.2 Å². The predicted octanol–water partition coefficient (Wildman–Crippen LogP) is 3.87. The average Bonchev–Trinajstić information content (AvgIpc) is 2.43. The van der Waals surface area contributed by atoms with Crippen molar-refractivity contribution >= 4 is 33.9 Å². The molecule has 0 fully saturated rings. The van der Waals surface area contributed by atoms with Crippen LogP contribution in [0.4, 0.5) is 0 Å². The van der Waals surface area contributed by atoms with Gasteiger partial charge in [0, 0.05) is 4.88 Å². The Morgan fingerprint density at radius 3 is 3.25 bits per heavy atom. The fraction of sp³-hybridized carbons (Fsp3) is 0.600. The zero-order chi connectivity index (χ0) is 8.55. The van der Waals surface area contributed by atoms with Crippen molar-refractivity contribution < 1.29 is 0 Å². The Hall–Kier alpha value is 0.430. The maximum atomic E-state index is 2.44. The lowest BCUT2D eigenvalue weighted by atomic mass is 9.87. The number of aryl methyl sites for hydroxylation is 1. The molecule has 0 saturated carbocycles. The first kappa shape index (κ1) is 9.00. The molecule has 2 rings (SSSR count). The molecule has 0 aromatic carbocycles. The van der Waals surface area contributed by atoms with Gasteiger partial charge in [-0.25, -0.2) is 0 Å². The van der Waals surface area contributed by atoms with Gasteiger partial charge in [0.25, 0.3) is 0 Å². The van der Waals surface area contributed by atoms with E-state index < -0.39 is 0 Å². The Kier molecular flexibility index (Phi) is 2.75. The Bertz CT molecular complexity index is 277. The van der Waals surface area contributed by atoms with Crippen LogP contribution in [0.5, 0.6) is 0 Å². The summed E-state index contributed by atoms with van der Waals surface area (Å²) >= 11 is 4.43. The van der Waals surface area contributed by atoms with Crippen LogP contribution in [0, 0.1) is 8.80 Å². The largest absolute Gasteiger partial charge is 0.134 e. The molecule has 0 amide bonds. The molecule has 1 atom stereocenters. The minimum absolute atomic E-state index is 0.961. The van der Waals surface area contributed by atoms with Crippen molar-refractivity contribution in [1.82, 2.24) is 0 Å². The highest BCUT2D eigenvalue weighted by Crippen LogP contribution is 2.33. The van der Waals surface area contributed by atoms with Gasteiger partial charge in [0.15, 0.2) is 0 Å². The van der Waals surface area contributed by atoms with E-state index in [0.29, 0.717) is 0 Å². The van der Waals surface area contributed by atoms with Gasteiger partial charge in [-0.3, -0.25) is 0 Å². The van der Waals surface area contributed by atoms with Crippen LogP contribution in [-0.4, -0.2) is 0 Å². The lowest BCUT2D eigenvalue weighted by molar-refractivity contribution is 0.449. The average molecular weight is 292 g/mol. The first-order valence-corrected chi connectivity index (χ1v) is 6.46. The van der Waals surface area contributed by atoms with Gasteiger partial charge in [0.2, 0.25) is 0 Å². The van der Waals surface area contributed by atoms with Gasteiger partial charge in [0.05, 0.1) is 2.88 Å². The van der Waals surface area contributed by atoms with Crippen LogP contribution in [0.3, 0.4) is 0 Å². The zero-order valence-corrected chi connectivity index (χ0v) is 10.2. The maximum absolute atomic E-state index is 2.44. The molecular weight excluding hydrogens is 279 g/mol. The number of thiophene rings is 1. The lowest BCUT2D eigenvalue weighted by Gasteiger charge is -2.19. The van der Waals surface area contributed by atoms with Crippen molar-refractivity contribution in [1.29, 1.82) is 0 Å². The van der Waals surface area contributed by atoms with Crippen LogP contribution < -0.4 is 0 Å². The van der Waals surface area contributed by atoms with Crippen LogP contribution in [-0.2, 0) is 12.8 Å². The summed E-state index contributed by atoms with van der Waals surface area (Å²) in [4.78, 5) is 1.66. The third-order valence-electron chi connectivity index (χ3n) is 2.73. The molecule has 0 saturated heterocycles. The lowest BCUT2D eigenvalue weighted by Crippen LogP contribution is -2.10. The van der Waals surface area contributed by atoms with E-state index in [2.05, 4.69) is 35.6 Å². The highest BCUT2D eigenvalue weighted by atomic mass is 127. The SMILES string of the molecule is CCC1CCc2sc(I)cc2C1. The molecule has 0 spiro atoms. The van der Waals surface area contributed by atoms with Crippen LogP contribution in [0.15, 0.2) is 6.07 Å². The fourth-order valence-electron chi connectivity index (χ4n) is 1.91. The summed E-state index contributed by atoms with van der Waals surface area (Å²) in [6, 6.07) is 2.38. The predicted molar refractivity (Wildman–Crippen MR) is 62.8 cm³/mol. The third kappa shape index (κ3) is 1.69. The zero-order valence-electron chi connectivity index (χ0n) is 7.27. The molecule has 1 heterocycles. The molecule has 0 nitrogen and oxygen atoms in total. The smallest absolute Gasteiger partial charge is 0.0659 e. The second-order valence-electron chi connectivity index (χ2n) is 3.52. The molecule has 0 bridgehead atoms.